The van der Waals surface area contributed by atoms with Crippen molar-refractivity contribution in [1.29, 1.82) is 0 Å². The minimum absolute atomic E-state index is 0.0770. The highest BCUT2D eigenvalue weighted by Crippen LogP contribution is 2.43. The van der Waals surface area contributed by atoms with Gasteiger partial charge >= 0.3 is 0 Å². The van der Waals surface area contributed by atoms with Crippen molar-refractivity contribution in [1.82, 2.24) is 9.47 Å². The lowest BCUT2D eigenvalue weighted by Crippen LogP contribution is -2.51. The van der Waals surface area contributed by atoms with Gasteiger partial charge in [-0.3, -0.25) is 4.79 Å². The molecule has 2 aliphatic heterocycles. The Bertz CT molecular complexity index is 1000. The molecule has 0 bridgehead atoms. The van der Waals surface area contributed by atoms with E-state index in [2.05, 4.69) is 52.5 Å². The van der Waals surface area contributed by atoms with E-state index in [4.69, 9.17) is 11.6 Å². The molecular formula is C22H20ClN3O. The van der Waals surface area contributed by atoms with Gasteiger partial charge in [0.2, 0.25) is 0 Å². The van der Waals surface area contributed by atoms with Crippen LogP contribution in [0.2, 0.25) is 5.02 Å². The minimum Gasteiger partial charge on any atom is -0.372 e. The fourth-order valence-electron chi connectivity index (χ4n) is 4.34. The van der Waals surface area contributed by atoms with Crippen LogP contribution in [0.3, 0.4) is 0 Å². The Kier molecular flexibility index (Phi) is 3.76. The van der Waals surface area contributed by atoms with Gasteiger partial charge in [0.1, 0.15) is 0 Å². The molecule has 2 aliphatic rings. The fraction of sp³-hybridized carbons (Fsp3) is 0.227. The maximum Gasteiger partial charge on any atom is 0.253 e. The number of para-hydroxylation sites is 2. The van der Waals surface area contributed by atoms with E-state index in [0.29, 0.717) is 10.6 Å². The third kappa shape index (κ3) is 2.63. The van der Waals surface area contributed by atoms with Gasteiger partial charge in [0, 0.05) is 35.6 Å². The number of likely N-dealkylation sites (tertiary alicyclic amines) is 1. The SMILES string of the molecule is O=C(c1ccc(Cl)cc1)N1CCC2(CC1)Nc1ccccc1-n1cccc12. The van der Waals surface area contributed by atoms with Crippen LogP contribution in [0.5, 0.6) is 0 Å². The Morgan fingerprint density at radius 3 is 2.48 bits per heavy atom. The predicted octanol–water partition coefficient (Wildman–Crippen LogP) is 4.69. The van der Waals surface area contributed by atoms with Gasteiger partial charge in [0.25, 0.3) is 5.91 Å². The molecule has 0 radical (unpaired) electrons. The maximum absolute atomic E-state index is 12.8. The Morgan fingerprint density at radius 2 is 1.70 bits per heavy atom. The minimum atomic E-state index is -0.130. The van der Waals surface area contributed by atoms with Gasteiger partial charge in [0.15, 0.2) is 0 Å². The molecule has 0 saturated carbocycles. The summed E-state index contributed by atoms with van der Waals surface area (Å²) in [5.41, 5.74) is 4.18. The molecule has 5 rings (SSSR count). The summed E-state index contributed by atoms with van der Waals surface area (Å²) in [7, 11) is 0. The second-order valence-electron chi connectivity index (χ2n) is 7.29. The first-order chi connectivity index (χ1) is 13.2. The normalized spacial score (nSPS) is 17.1. The topological polar surface area (TPSA) is 37.3 Å². The summed E-state index contributed by atoms with van der Waals surface area (Å²) in [6.07, 6.45) is 3.89. The number of anilines is 1. The fourth-order valence-corrected chi connectivity index (χ4v) is 4.47. The zero-order valence-corrected chi connectivity index (χ0v) is 15.6. The number of amides is 1. The summed E-state index contributed by atoms with van der Waals surface area (Å²) in [4.78, 5) is 14.8. The average Bonchev–Trinajstić information content (AvgIpc) is 3.20. The van der Waals surface area contributed by atoms with Crippen LogP contribution >= 0.6 is 11.6 Å². The van der Waals surface area contributed by atoms with Crippen LogP contribution in [-0.2, 0) is 5.54 Å². The Morgan fingerprint density at radius 1 is 0.963 bits per heavy atom. The van der Waals surface area contributed by atoms with Crippen LogP contribution in [0, 0.1) is 0 Å². The van der Waals surface area contributed by atoms with Crippen molar-refractivity contribution in [2.24, 2.45) is 0 Å². The van der Waals surface area contributed by atoms with Crippen molar-refractivity contribution in [2.45, 2.75) is 18.4 Å². The van der Waals surface area contributed by atoms with E-state index in [-0.39, 0.29) is 11.4 Å². The van der Waals surface area contributed by atoms with Crippen LogP contribution in [0.25, 0.3) is 5.69 Å². The number of benzene rings is 2. The number of hydrogen-bond acceptors (Lipinski definition) is 2. The summed E-state index contributed by atoms with van der Waals surface area (Å²) in [5, 5.41) is 4.43. The molecule has 4 nitrogen and oxygen atoms in total. The highest BCUT2D eigenvalue weighted by atomic mass is 35.5. The van der Waals surface area contributed by atoms with Gasteiger partial charge in [-0.1, -0.05) is 23.7 Å². The lowest BCUT2D eigenvalue weighted by Gasteiger charge is -2.46. The van der Waals surface area contributed by atoms with Crippen molar-refractivity contribution in [3.05, 3.63) is 83.1 Å². The van der Waals surface area contributed by atoms with E-state index in [0.717, 1.165) is 31.6 Å². The van der Waals surface area contributed by atoms with E-state index in [1.165, 1.54) is 11.4 Å². The zero-order chi connectivity index (χ0) is 18.4. The highest BCUT2D eigenvalue weighted by molar-refractivity contribution is 6.30. The number of hydrogen-bond donors (Lipinski definition) is 1. The number of fused-ring (bicyclic) bond motifs is 4. The van der Waals surface area contributed by atoms with Crippen LogP contribution in [-0.4, -0.2) is 28.5 Å². The van der Waals surface area contributed by atoms with Crippen molar-refractivity contribution >= 4 is 23.2 Å². The van der Waals surface area contributed by atoms with Gasteiger partial charge in [-0.05, 0) is 61.4 Å². The quantitative estimate of drug-likeness (QED) is 0.668. The predicted molar refractivity (Wildman–Crippen MR) is 108 cm³/mol. The number of rotatable bonds is 1. The first-order valence-electron chi connectivity index (χ1n) is 9.27. The van der Waals surface area contributed by atoms with E-state index in [1.807, 2.05) is 4.90 Å². The molecule has 27 heavy (non-hydrogen) atoms. The van der Waals surface area contributed by atoms with E-state index in [1.54, 1.807) is 24.3 Å². The number of aromatic nitrogens is 1. The summed E-state index contributed by atoms with van der Waals surface area (Å²) < 4.78 is 2.28. The molecular weight excluding hydrogens is 358 g/mol. The molecule has 1 spiro atoms. The van der Waals surface area contributed by atoms with Gasteiger partial charge < -0.3 is 14.8 Å². The molecule has 0 atom stereocenters. The molecule has 0 unspecified atom stereocenters. The lowest BCUT2D eigenvalue weighted by molar-refractivity contribution is 0.0676. The Labute approximate surface area is 163 Å². The van der Waals surface area contributed by atoms with Crippen LogP contribution in [0.15, 0.2) is 66.9 Å². The molecule has 5 heteroatoms. The van der Waals surface area contributed by atoms with E-state index in [9.17, 15) is 4.79 Å². The average molecular weight is 378 g/mol. The summed E-state index contributed by atoms with van der Waals surface area (Å²) in [6, 6.07) is 19.8. The molecule has 1 saturated heterocycles. The number of nitrogens with zero attached hydrogens (tertiary/aromatic N) is 2. The zero-order valence-electron chi connectivity index (χ0n) is 14.9. The third-order valence-electron chi connectivity index (χ3n) is 5.77. The molecule has 1 amide bonds. The van der Waals surface area contributed by atoms with Crippen molar-refractivity contribution < 1.29 is 4.79 Å². The van der Waals surface area contributed by atoms with Gasteiger partial charge in [-0.25, -0.2) is 0 Å². The highest BCUT2D eigenvalue weighted by Gasteiger charge is 2.42. The summed E-state index contributed by atoms with van der Waals surface area (Å²) in [6.45, 7) is 1.45. The van der Waals surface area contributed by atoms with Gasteiger partial charge in [-0.2, -0.15) is 0 Å². The van der Waals surface area contributed by atoms with Crippen molar-refractivity contribution in [2.75, 3.05) is 18.4 Å². The monoisotopic (exact) mass is 377 g/mol. The summed E-state index contributed by atoms with van der Waals surface area (Å²) in [5.74, 6) is 0.0770. The number of carbonyl (C=O) groups is 1. The number of nitrogens with one attached hydrogen (secondary N) is 1. The molecule has 3 heterocycles. The summed E-state index contributed by atoms with van der Waals surface area (Å²) >= 11 is 5.94. The molecule has 136 valence electrons. The standard InChI is InChI=1S/C22H20ClN3O/c23-17-9-7-16(8-10-17)21(27)25-14-11-22(12-15-25)20-6-3-13-26(20)19-5-2-1-4-18(19)24-22/h1-10,13,24H,11-12,14-15H2. The molecule has 3 aromatic rings. The van der Waals surface area contributed by atoms with Crippen molar-refractivity contribution in [3.8, 4) is 5.69 Å². The third-order valence-corrected chi connectivity index (χ3v) is 6.02. The largest absolute Gasteiger partial charge is 0.372 e. The Hall–Kier alpha value is -2.72. The van der Waals surface area contributed by atoms with Crippen LogP contribution in [0.4, 0.5) is 5.69 Å². The second kappa shape index (κ2) is 6.17. The van der Waals surface area contributed by atoms with E-state index < -0.39 is 0 Å². The Balaban J connectivity index is 1.40. The van der Waals surface area contributed by atoms with E-state index >= 15 is 0 Å². The maximum atomic E-state index is 12.8. The first kappa shape index (κ1) is 16.5. The smallest absolute Gasteiger partial charge is 0.253 e. The molecule has 2 aromatic carbocycles. The molecule has 1 N–H and O–H groups in total. The lowest BCUT2D eigenvalue weighted by atomic mass is 9.82. The molecule has 0 aliphatic carbocycles. The van der Waals surface area contributed by atoms with Crippen molar-refractivity contribution in [3.63, 3.8) is 0 Å². The second-order valence-corrected chi connectivity index (χ2v) is 7.72. The van der Waals surface area contributed by atoms with Crippen LogP contribution < -0.4 is 5.32 Å². The molecule has 1 aromatic heterocycles. The molecule has 1 fully saturated rings. The van der Waals surface area contributed by atoms with Gasteiger partial charge in [-0.15, -0.1) is 0 Å². The number of piperidine rings is 1. The first-order valence-corrected chi connectivity index (χ1v) is 9.64. The number of halogens is 1. The number of carbonyl (C=O) groups excluding carboxylic acids is 1. The van der Waals surface area contributed by atoms with Crippen LogP contribution in [0.1, 0.15) is 28.9 Å². The van der Waals surface area contributed by atoms with Gasteiger partial charge in [0.05, 0.1) is 16.9 Å².